The van der Waals surface area contributed by atoms with Gasteiger partial charge in [-0.05, 0) is 71.7 Å². The number of benzene rings is 2. The Kier molecular flexibility index (Phi) is 5.71. The van der Waals surface area contributed by atoms with E-state index in [4.69, 9.17) is 23.7 Å². The minimum Gasteiger partial charge on any atom is -0.493 e. The van der Waals surface area contributed by atoms with Gasteiger partial charge in [-0.25, -0.2) is 4.79 Å². The van der Waals surface area contributed by atoms with Crippen LogP contribution in [0.15, 0.2) is 35.4 Å². The molecule has 2 aliphatic carbocycles. The molecule has 7 heteroatoms. The van der Waals surface area contributed by atoms with E-state index in [1.807, 2.05) is 12.1 Å². The Morgan fingerprint density at radius 2 is 1.77 bits per heavy atom. The van der Waals surface area contributed by atoms with E-state index in [-0.39, 0.29) is 11.9 Å². The molecule has 0 spiro atoms. The Bertz CT molecular complexity index is 1170. The first-order valence-corrected chi connectivity index (χ1v) is 12.5. The maximum atomic E-state index is 12.9. The second kappa shape index (κ2) is 9.02. The number of ether oxygens (including phenoxy) is 5. The quantitative estimate of drug-likeness (QED) is 0.589. The molecular weight excluding hydrogens is 446 g/mol. The van der Waals surface area contributed by atoms with E-state index in [0.717, 1.165) is 28.1 Å². The lowest BCUT2D eigenvalue weighted by atomic mass is 9.75. The van der Waals surface area contributed by atoms with Crippen LogP contribution >= 0.6 is 0 Å². The van der Waals surface area contributed by atoms with Crippen LogP contribution in [-0.4, -0.2) is 40.1 Å². The summed E-state index contributed by atoms with van der Waals surface area (Å²) in [6.07, 6.45) is 6.92. The van der Waals surface area contributed by atoms with Crippen molar-refractivity contribution in [1.82, 2.24) is 0 Å². The van der Waals surface area contributed by atoms with Crippen LogP contribution in [0.25, 0.3) is 0 Å². The summed E-state index contributed by atoms with van der Waals surface area (Å²) >= 11 is 0. The SMILES string of the molecule is COc1cc([C@H]2C3=C(COC3=O)Cc3cc4c(cc32)OCN4)cc(OC)c1OCC1CCCCC1. The van der Waals surface area contributed by atoms with Gasteiger partial charge >= 0.3 is 5.97 Å². The monoisotopic (exact) mass is 477 g/mol. The van der Waals surface area contributed by atoms with Gasteiger partial charge in [0.15, 0.2) is 18.2 Å². The molecule has 0 amide bonds. The Hall–Kier alpha value is -3.35. The van der Waals surface area contributed by atoms with Gasteiger partial charge in [-0.2, -0.15) is 0 Å². The van der Waals surface area contributed by atoms with Gasteiger partial charge < -0.3 is 29.0 Å². The van der Waals surface area contributed by atoms with Crippen LogP contribution in [-0.2, 0) is 16.0 Å². The highest BCUT2D eigenvalue weighted by Crippen LogP contribution is 2.50. The predicted molar refractivity (Wildman–Crippen MR) is 131 cm³/mol. The predicted octanol–water partition coefficient (Wildman–Crippen LogP) is 4.97. The van der Waals surface area contributed by atoms with Crippen LogP contribution in [0.2, 0.25) is 0 Å². The standard InChI is InChI=1S/C28H31NO6/c1-31-23-10-18(11-24(32-2)27(23)33-13-16-6-4-3-5-7-16)25-20-12-22-21(29-15-35-22)9-17(20)8-19-14-34-28(30)26(19)25/h9-12,16,25,29H,3-8,13-15H2,1-2H3/t25-/m1/s1. The Balaban J connectivity index is 1.42. The first-order chi connectivity index (χ1) is 17.2. The molecule has 4 aliphatic rings. The van der Waals surface area contributed by atoms with E-state index in [2.05, 4.69) is 17.4 Å². The van der Waals surface area contributed by atoms with Gasteiger partial charge in [-0.15, -0.1) is 0 Å². The number of nitrogens with one attached hydrogen (secondary N) is 1. The van der Waals surface area contributed by atoms with Gasteiger partial charge in [0.05, 0.1) is 32.1 Å². The van der Waals surface area contributed by atoms with Gasteiger partial charge in [0.1, 0.15) is 12.4 Å². The second-order valence-electron chi connectivity index (χ2n) is 9.79. The van der Waals surface area contributed by atoms with E-state index in [9.17, 15) is 4.79 Å². The van der Waals surface area contributed by atoms with Crippen molar-refractivity contribution in [3.05, 3.63) is 52.1 Å². The Morgan fingerprint density at radius 1 is 1.00 bits per heavy atom. The van der Waals surface area contributed by atoms with E-state index in [1.54, 1.807) is 14.2 Å². The number of esters is 1. The third-order valence-corrected chi connectivity index (χ3v) is 7.72. The Labute approximate surface area is 205 Å². The van der Waals surface area contributed by atoms with Crippen LogP contribution in [0.4, 0.5) is 5.69 Å². The van der Waals surface area contributed by atoms with Crippen molar-refractivity contribution in [3.63, 3.8) is 0 Å². The fourth-order valence-electron chi connectivity index (χ4n) is 5.93. The molecule has 0 bridgehead atoms. The summed E-state index contributed by atoms with van der Waals surface area (Å²) in [5.74, 6) is 2.63. The molecule has 184 valence electrons. The minimum absolute atomic E-state index is 0.259. The minimum atomic E-state index is -0.298. The average Bonchev–Trinajstić information content (AvgIpc) is 3.50. The zero-order valence-corrected chi connectivity index (χ0v) is 20.3. The number of methoxy groups -OCH3 is 2. The zero-order valence-electron chi connectivity index (χ0n) is 20.3. The van der Waals surface area contributed by atoms with Crippen molar-refractivity contribution >= 4 is 11.7 Å². The van der Waals surface area contributed by atoms with Gasteiger partial charge in [-0.3, -0.25) is 0 Å². The van der Waals surface area contributed by atoms with E-state index in [1.165, 1.54) is 37.7 Å². The van der Waals surface area contributed by atoms with E-state index >= 15 is 0 Å². The molecule has 0 aromatic heterocycles. The first kappa shape index (κ1) is 22.1. The summed E-state index contributed by atoms with van der Waals surface area (Å²) in [6, 6.07) is 8.13. The molecule has 1 atom stereocenters. The smallest absolute Gasteiger partial charge is 0.335 e. The Morgan fingerprint density at radius 3 is 2.51 bits per heavy atom. The normalized spacial score (nSPS) is 20.9. The third-order valence-electron chi connectivity index (χ3n) is 7.72. The molecular formula is C28H31NO6. The van der Waals surface area contributed by atoms with Crippen molar-refractivity contribution < 1.29 is 28.5 Å². The highest BCUT2D eigenvalue weighted by molar-refractivity contribution is 5.95. The summed E-state index contributed by atoms with van der Waals surface area (Å²) in [5, 5.41) is 3.27. The number of hydrogen-bond acceptors (Lipinski definition) is 7. The van der Waals surface area contributed by atoms with Crippen LogP contribution in [0.1, 0.15) is 54.7 Å². The molecule has 35 heavy (non-hydrogen) atoms. The molecule has 7 nitrogen and oxygen atoms in total. The third kappa shape index (κ3) is 3.87. The van der Waals surface area contributed by atoms with E-state index < -0.39 is 0 Å². The van der Waals surface area contributed by atoms with Gasteiger partial charge in [0, 0.05) is 5.92 Å². The fraction of sp³-hybridized carbons (Fsp3) is 0.464. The van der Waals surface area contributed by atoms with Crippen LogP contribution in [0.3, 0.4) is 0 Å². The van der Waals surface area contributed by atoms with E-state index in [0.29, 0.717) is 55.1 Å². The number of anilines is 1. The summed E-state index contributed by atoms with van der Waals surface area (Å²) in [6.45, 7) is 1.44. The maximum absolute atomic E-state index is 12.9. The van der Waals surface area contributed by atoms with Crippen molar-refractivity contribution in [2.75, 3.05) is 39.5 Å². The zero-order chi connectivity index (χ0) is 23.9. The second-order valence-corrected chi connectivity index (χ2v) is 9.79. The molecule has 2 aliphatic heterocycles. The molecule has 0 saturated heterocycles. The molecule has 2 heterocycles. The lowest BCUT2D eigenvalue weighted by Gasteiger charge is -2.28. The molecule has 1 fully saturated rings. The van der Waals surface area contributed by atoms with Crippen LogP contribution in [0, 0.1) is 5.92 Å². The van der Waals surface area contributed by atoms with Gasteiger partial charge in [-0.1, -0.05) is 19.3 Å². The molecule has 2 aromatic rings. The number of cyclic esters (lactones) is 1. The highest BCUT2D eigenvalue weighted by atomic mass is 16.5. The molecule has 0 radical (unpaired) electrons. The fourth-order valence-corrected chi connectivity index (χ4v) is 5.93. The largest absolute Gasteiger partial charge is 0.493 e. The number of rotatable bonds is 6. The van der Waals surface area contributed by atoms with Crippen molar-refractivity contribution in [2.24, 2.45) is 5.92 Å². The highest BCUT2D eigenvalue weighted by Gasteiger charge is 2.39. The number of carbonyl (C=O) groups is 1. The summed E-state index contributed by atoms with van der Waals surface area (Å²) < 4.78 is 29.1. The van der Waals surface area contributed by atoms with Gasteiger partial charge in [0.2, 0.25) is 5.75 Å². The lowest BCUT2D eigenvalue weighted by molar-refractivity contribution is -0.136. The summed E-state index contributed by atoms with van der Waals surface area (Å²) in [5.41, 5.74) is 5.84. The number of fused-ring (bicyclic) bond motifs is 2. The van der Waals surface area contributed by atoms with Crippen LogP contribution < -0.4 is 24.3 Å². The maximum Gasteiger partial charge on any atom is 0.335 e. The topological polar surface area (TPSA) is 75.3 Å². The number of hydrogen-bond donors (Lipinski definition) is 1. The van der Waals surface area contributed by atoms with Crippen molar-refractivity contribution in [1.29, 1.82) is 0 Å². The molecule has 0 unspecified atom stereocenters. The summed E-state index contributed by atoms with van der Waals surface area (Å²) in [4.78, 5) is 12.9. The van der Waals surface area contributed by atoms with Crippen molar-refractivity contribution in [2.45, 2.75) is 44.4 Å². The molecule has 2 aromatic carbocycles. The molecule has 6 rings (SSSR count). The summed E-state index contributed by atoms with van der Waals surface area (Å²) in [7, 11) is 3.28. The number of carbonyl (C=O) groups excluding carboxylic acids is 1. The average molecular weight is 478 g/mol. The lowest BCUT2D eigenvalue weighted by Crippen LogP contribution is -2.19. The first-order valence-electron chi connectivity index (χ1n) is 12.5. The molecule has 1 saturated carbocycles. The van der Waals surface area contributed by atoms with Crippen molar-refractivity contribution in [3.8, 4) is 23.0 Å². The van der Waals surface area contributed by atoms with Crippen LogP contribution in [0.5, 0.6) is 23.0 Å². The van der Waals surface area contributed by atoms with Gasteiger partial charge in [0.25, 0.3) is 0 Å². The molecule has 1 N–H and O–H groups in total.